The predicted molar refractivity (Wildman–Crippen MR) is 113 cm³/mol. The van der Waals surface area contributed by atoms with Crippen LogP contribution < -0.4 is 10.6 Å². The van der Waals surface area contributed by atoms with E-state index in [-0.39, 0.29) is 17.7 Å². The summed E-state index contributed by atoms with van der Waals surface area (Å²) in [5.41, 5.74) is 1.77. The van der Waals surface area contributed by atoms with Crippen molar-refractivity contribution in [2.75, 3.05) is 11.1 Å². The van der Waals surface area contributed by atoms with Crippen LogP contribution in [0.4, 0.5) is 10.8 Å². The number of aromatic nitrogens is 2. The zero-order valence-electron chi connectivity index (χ0n) is 15.1. The second-order valence-electron chi connectivity index (χ2n) is 6.13. The molecule has 4 aromatic rings. The third-order valence-electron chi connectivity index (χ3n) is 4.01. The molecule has 2 heterocycles. The summed E-state index contributed by atoms with van der Waals surface area (Å²) in [5.74, 6) is 0.931. The minimum atomic E-state index is -0.203. The van der Waals surface area contributed by atoms with Crippen molar-refractivity contribution >= 4 is 50.8 Å². The first kappa shape index (κ1) is 18.5. The maximum atomic E-state index is 12.3. The molecular formula is C20H18N4O2S2. The van der Waals surface area contributed by atoms with Crippen LogP contribution in [0.5, 0.6) is 0 Å². The number of nitrogens with one attached hydrogen (secondary N) is 2. The van der Waals surface area contributed by atoms with Gasteiger partial charge in [0.1, 0.15) is 11.3 Å². The van der Waals surface area contributed by atoms with Crippen molar-refractivity contribution in [3.63, 3.8) is 0 Å². The number of rotatable bonds is 7. The highest BCUT2D eigenvalue weighted by Crippen LogP contribution is 2.28. The minimum Gasteiger partial charge on any atom is -0.459 e. The zero-order valence-corrected chi connectivity index (χ0v) is 16.7. The van der Waals surface area contributed by atoms with Crippen LogP contribution in [0.3, 0.4) is 0 Å². The highest BCUT2D eigenvalue weighted by Gasteiger charge is 2.15. The number of fused-ring (bicyclic) bond motifs is 1. The third-order valence-corrected chi connectivity index (χ3v) is 5.98. The molecule has 1 amide bonds. The van der Waals surface area contributed by atoms with Crippen LogP contribution in [0.15, 0.2) is 69.4 Å². The van der Waals surface area contributed by atoms with Gasteiger partial charge in [-0.1, -0.05) is 59.5 Å². The van der Waals surface area contributed by atoms with E-state index in [1.165, 1.54) is 23.1 Å². The van der Waals surface area contributed by atoms with Gasteiger partial charge in [-0.15, -0.1) is 10.2 Å². The van der Waals surface area contributed by atoms with E-state index in [1.54, 1.807) is 0 Å². The smallest absolute Gasteiger partial charge is 0.231 e. The van der Waals surface area contributed by atoms with Gasteiger partial charge in [0.2, 0.25) is 11.0 Å². The van der Waals surface area contributed by atoms with Crippen molar-refractivity contribution in [2.24, 2.45) is 0 Å². The predicted octanol–water partition coefficient (Wildman–Crippen LogP) is 5.00. The Balaban J connectivity index is 1.29. The number of para-hydroxylation sites is 2. The lowest BCUT2D eigenvalue weighted by atomic mass is 10.2. The van der Waals surface area contributed by atoms with E-state index in [9.17, 15) is 4.79 Å². The maximum absolute atomic E-state index is 12.3. The number of benzene rings is 2. The molecule has 0 spiro atoms. The Morgan fingerprint density at radius 1 is 1.14 bits per heavy atom. The van der Waals surface area contributed by atoms with E-state index in [1.807, 2.05) is 67.6 Å². The van der Waals surface area contributed by atoms with Crippen LogP contribution in [0, 0.1) is 0 Å². The minimum absolute atomic E-state index is 0.0780. The number of hydrogen-bond acceptors (Lipinski definition) is 7. The molecule has 0 unspecified atom stereocenters. The maximum Gasteiger partial charge on any atom is 0.231 e. The van der Waals surface area contributed by atoms with Crippen LogP contribution in [-0.4, -0.2) is 21.9 Å². The molecule has 0 aliphatic carbocycles. The van der Waals surface area contributed by atoms with Gasteiger partial charge in [-0.05, 0) is 31.2 Å². The van der Waals surface area contributed by atoms with E-state index in [4.69, 9.17) is 4.42 Å². The monoisotopic (exact) mass is 410 g/mol. The second kappa shape index (κ2) is 8.45. The van der Waals surface area contributed by atoms with Crippen molar-refractivity contribution in [3.8, 4) is 0 Å². The van der Waals surface area contributed by atoms with Gasteiger partial charge in [-0.25, -0.2) is 0 Å². The number of anilines is 2. The average molecular weight is 411 g/mol. The third kappa shape index (κ3) is 4.52. The fourth-order valence-electron chi connectivity index (χ4n) is 2.66. The summed E-state index contributed by atoms with van der Waals surface area (Å²) < 4.78 is 6.54. The van der Waals surface area contributed by atoms with Gasteiger partial charge in [0.15, 0.2) is 4.34 Å². The first-order valence-corrected chi connectivity index (χ1v) is 10.5. The van der Waals surface area contributed by atoms with Crippen LogP contribution in [0.25, 0.3) is 11.0 Å². The molecule has 6 nitrogen and oxygen atoms in total. The number of thioether (sulfide) groups is 1. The van der Waals surface area contributed by atoms with E-state index in [0.717, 1.165) is 26.8 Å². The van der Waals surface area contributed by atoms with Crippen molar-refractivity contribution in [2.45, 2.75) is 17.3 Å². The second-order valence-corrected chi connectivity index (χ2v) is 8.33. The summed E-state index contributed by atoms with van der Waals surface area (Å²) in [6, 6.07) is 19.3. The van der Waals surface area contributed by atoms with Crippen LogP contribution in [-0.2, 0) is 4.79 Å². The number of amides is 1. The van der Waals surface area contributed by atoms with Crippen LogP contribution in [0.1, 0.15) is 18.7 Å². The van der Waals surface area contributed by atoms with Gasteiger partial charge >= 0.3 is 0 Å². The molecule has 2 N–H and O–H groups in total. The SMILES string of the molecule is C[C@H](NC(=O)CSc1nnc(Nc2ccccc2)s1)c1cc2ccccc2o1. The molecule has 142 valence electrons. The lowest BCUT2D eigenvalue weighted by Gasteiger charge is -2.10. The van der Waals surface area contributed by atoms with E-state index in [0.29, 0.717) is 5.13 Å². The molecule has 0 radical (unpaired) electrons. The molecule has 1 atom stereocenters. The molecule has 0 bridgehead atoms. The van der Waals surface area contributed by atoms with E-state index in [2.05, 4.69) is 20.8 Å². The molecule has 0 saturated heterocycles. The highest BCUT2D eigenvalue weighted by atomic mass is 32.2. The fraction of sp³-hybridized carbons (Fsp3) is 0.150. The van der Waals surface area contributed by atoms with Crippen molar-refractivity contribution in [3.05, 3.63) is 66.4 Å². The highest BCUT2D eigenvalue weighted by molar-refractivity contribution is 8.01. The number of nitrogens with zero attached hydrogens (tertiary/aromatic N) is 2. The molecule has 0 aliphatic heterocycles. The molecule has 4 rings (SSSR count). The fourth-order valence-corrected chi connectivity index (χ4v) is 4.24. The Kier molecular flexibility index (Phi) is 5.59. The standard InChI is InChI=1S/C20H18N4O2S2/c1-13(17-11-14-7-5-6-10-16(14)26-17)21-18(25)12-27-20-24-23-19(28-20)22-15-8-3-2-4-9-15/h2-11,13H,12H2,1H3,(H,21,25)(H,22,23)/t13-/m0/s1. The summed E-state index contributed by atoms with van der Waals surface area (Å²) in [6.07, 6.45) is 0. The summed E-state index contributed by atoms with van der Waals surface area (Å²) in [6.45, 7) is 1.91. The van der Waals surface area contributed by atoms with Crippen LogP contribution in [0.2, 0.25) is 0 Å². The quantitative estimate of drug-likeness (QED) is 0.418. The van der Waals surface area contributed by atoms with Crippen molar-refractivity contribution < 1.29 is 9.21 Å². The summed E-state index contributed by atoms with van der Waals surface area (Å²) in [7, 11) is 0. The molecule has 2 aromatic heterocycles. The van der Waals surface area contributed by atoms with Gasteiger partial charge in [0, 0.05) is 11.1 Å². The van der Waals surface area contributed by atoms with Crippen molar-refractivity contribution in [1.82, 2.24) is 15.5 Å². The molecular weight excluding hydrogens is 392 g/mol. The Morgan fingerprint density at radius 3 is 2.75 bits per heavy atom. The molecule has 0 saturated carbocycles. The Morgan fingerprint density at radius 2 is 1.93 bits per heavy atom. The van der Waals surface area contributed by atoms with Crippen LogP contribution >= 0.6 is 23.1 Å². The van der Waals surface area contributed by atoms with Gasteiger partial charge < -0.3 is 15.1 Å². The van der Waals surface area contributed by atoms with Crippen molar-refractivity contribution in [1.29, 1.82) is 0 Å². The Hall–Kier alpha value is -2.84. The normalized spacial score (nSPS) is 12.0. The Labute approximate surface area is 170 Å². The Bertz CT molecular complexity index is 1040. The number of carbonyl (C=O) groups is 1. The molecule has 0 aliphatic rings. The number of hydrogen-bond donors (Lipinski definition) is 2. The average Bonchev–Trinajstić information content (AvgIpc) is 3.34. The van der Waals surface area contributed by atoms with E-state index >= 15 is 0 Å². The molecule has 28 heavy (non-hydrogen) atoms. The summed E-state index contributed by atoms with van der Waals surface area (Å²) >= 11 is 2.78. The molecule has 8 heteroatoms. The first-order chi connectivity index (χ1) is 13.7. The zero-order chi connectivity index (χ0) is 19.3. The number of carbonyl (C=O) groups excluding carboxylic acids is 1. The summed E-state index contributed by atoms with van der Waals surface area (Å²) in [5, 5.41) is 16.1. The number of furan rings is 1. The van der Waals surface area contributed by atoms with Gasteiger partial charge in [0.25, 0.3) is 0 Å². The topological polar surface area (TPSA) is 80.0 Å². The largest absolute Gasteiger partial charge is 0.459 e. The van der Waals surface area contributed by atoms with E-state index < -0.39 is 0 Å². The first-order valence-electron chi connectivity index (χ1n) is 8.73. The molecule has 2 aromatic carbocycles. The summed E-state index contributed by atoms with van der Waals surface area (Å²) in [4.78, 5) is 12.3. The van der Waals surface area contributed by atoms with Gasteiger partial charge in [-0.2, -0.15) is 0 Å². The molecule has 0 fully saturated rings. The lowest BCUT2D eigenvalue weighted by molar-refractivity contribution is -0.119. The van der Waals surface area contributed by atoms with Gasteiger partial charge in [0.05, 0.1) is 11.8 Å². The van der Waals surface area contributed by atoms with Gasteiger partial charge in [-0.3, -0.25) is 4.79 Å². The lowest BCUT2D eigenvalue weighted by Crippen LogP contribution is -2.27.